The van der Waals surface area contributed by atoms with Crippen LogP contribution in [0.15, 0.2) is 17.5 Å². The average Bonchev–Trinajstić information content (AvgIpc) is 2.84. The Labute approximate surface area is 101 Å². The maximum atomic E-state index is 5.94. The lowest BCUT2D eigenvalue weighted by Gasteiger charge is -2.40. The van der Waals surface area contributed by atoms with E-state index in [1.807, 2.05) is 0 Å². The van der Waals surface area contributed by atoms with Gasteiger partial charge in [0.05, 0.1) is 19.3 Å². The zero-order valence-electron chi connectivity index (χ0n) is 9.76. The van der Waals surface area contributed by atoms with E-state index < -0.39 is 0 Å². The van der Waals surface area contributed by atoms with E-state index in [1.54, 1.807) is 11.3 Å². The van der Waals surface area contributed by atoms with Crippen LogP contribution < -0.4 is 5.73 Å². The molecule has 3 nitrogen and oxygen atoms in total. The lowest BCUT2D eigenvalue weighted by Crippen LogP contribution is -2.48. The number of nitrogens with zero attached hydrogens (tertiary/aromatic N) is 1. The first-order chi connectivity index (χ1) is 7.86. The average molecular weight is 240 g/mol. The summed E-state index contributed by atoms with van der Waals surface area (Å²) in [4.78, 5) is 3.89. The SMILES string of the molecule is CCC1COCCN1C(CN)c1cccs1. The molecule has 2 heterocycles. The molecule has 0 aliphatic carbocycles. The summed E-state index contributed by atoms with van der Waals surface area (Å²) in [7, 11) is 0. The quantitative estimate of drug-likeness (QED) is 0.873. The summed E-state index contributed by atoms with van der Waals surface area (Å²) in [6.07, 6.45) is 1.13. The summed E-state index contributed by atoms with van der Waals surface area (Å²) in [5, 5.41) is 2.12. The Bertz CT molecular complexity index is 302. The smallest absolute Gasteiger partial charge is 0.0622 e. The zero-order valence-corrected chi connectivity index (χ0v) is 10.6. The van der Waals surface area contributed by atoms with Crippen molar-refractivity contribution in [2.75, 3.05) is 26.3 Å². The van der Waals surface area contributed by atoms with Crippen LogP contribution in [0.1, 0.15) is 24.3 Å². The van der Waals surface area contributed by atoms with Crippen molar-refractivity contribution in [3.05, 3.63) is 22.4 Å². The van der Waals surface area contributed by atoms with Crippen LogP contribution in [0.2, 0.25) is 0 Å². The van der Waals surface area contributed by atoms with E-state index in [-0.39, 0.29) is 0 Å². The number of ether oxygens (including phenoxy) is 1. The summed E-state index contributed by atoms with van der Waals surface area (Å²) in [6, 6.07) is 5.17. The van der Waals surface area contributed by atoms with Gasteiger partial charge in [0.2, 0.25) is 0 Å². The molecular formula is C12H20N2OS. The van der Waals surface area contributed by atoms with E-state index in [2.05, 4.69) is 29.3 Å². The Morgan fingerprint density at radius 1 is 1.69 bits per heavy atom. The predicted octanol–water partition coefficient (Wildman–Crippen LogP) is 1.86. The third-order valence-corrected chi connectivity index (χ3v) is 4.21. The summed E-state index contributed by atoms with van der Waals surface area (Å²) in [5.41, 5.74) is 5.94. The van der Waals surface area contributed by atoms with Gasteiger partial charge in [-0.25, -0.2) is 0 Å². The van der Waals surface area contributed by atoms with Crippen LogP contribution in [0.4, 0.5) is 0 Å². The van der Waals surface area contributed by atoms with Crippen molar-refractivity contribution in [3.8, 4) is 0 Å². The van der Waals surface area contributed by atoms with Crippen LogP contribution in [-0.2, 0) is 4.74 Å². The molecule has 0 aromatic carbocycles. The molecule has 0 amide bonds. The van der Waals surface area contributed by atoms with Gasteiger partial charge < -0.3 is 10.5 Å². The second-order valence-electron chi connectivity index (χ2n) is 4.14. The minimum atomic E-state index is 0.369. The fraction of sp³-hybridized carbons (Fsp3) is 0.667. The number of rotatable bonds is 4. The van der Waals surface area contributed by atoms with E-state index in [4.69, 9.17) is 10.5 Å². The zero-order chi connectivity index (χ0) is 11.4. The monoisotopic (exact) mass is 240 g/mol. The third-order valence-electron chi connectivity index (χ3n) is 3.24. The minimum absolute atomic E-state index is 0.369. The van der Waals surface area contributed by atoms with Crippen LogP contribution in [0, 0.1) is 0 Å². The first-order valence-corrected chi connectivity index (χ1v) is 6.81. The molecule has 16 heavy (non-hydrogen) atoms. The summed E-state index contributed by atoms with van der Waals surface area (Å²) in [6.45, 7) is 5.58. The van der Waals surface area contributed by atoms with Gasteiger partial charge in [-0.05, 0) is 17.9 Å². The summed E-state index contributed by atoms with van der Waals surface area (Å²) in [5.74, 6) is 0. The van der Waals surface area contributed by atoms with Crippen LogP contribution in [0.25, 0.3) is 0 Å². The Hall–Kier alpha value is -0.420. The van der Waals surface area contributed by atoms with E-state index in [9.17, 15) is 0 Å². The highest BCUT2D eigenvalue weighted by Gasteiger charge is 2.28. The van der Waals surface area contributed by atoms with Crippen LogP contribution in [0.3, 0.4) is 0 Å². The Morgan fingerprint density at radius 2 is 2.56 bits per heavy atom. The first-order valence-electron chi connectivity index (χ1n) is 5.93. The molecule has 2 unspecified atom stereocenters. The number of morpholine rings is 1. The molecule has 2 atom stereocenters. The first kappa shape index (κ1) is 12.0. The van der Waals surface area contributed by atoms with Gasteiger partial charge in [0.15, 0.2) is 0 Å². The second kappa shape index (κ2) is 5.77. The number of thiophene rings is 1. The molecule has 0 saturated carbocycles. The van der Waals surface area contributed by atoms with Gasteiger partial charge in [-0.3, -0.25) is 4.90 Å². The molecule has 0 spiro atoms. The summed E-state index contributed by atoms with van der Waals surface area (Å²) >= 11 is 1.80. The predicted molar refractivity (Wildman–Crippen MR) is 67.7 cm³/mol. The van der Waals surface area contributed by atoms with Crippen LogP contribution in [0.5, 0.6) is 0 Å². The van der Waals surface area contributed by atoms with Crippen molar-refractivity contribution in [2.24, 2.45) is 5.73 Å². The largest absolute Gasteiger partial charge is 0.378 e. The lowest BCUT2D eigenvalue weighted by molar-refractivity contribution is -0.0284. The number of nitrogens with two attached hydrogens (primary N) is 1. The summed E-state index contributed by atoms with van der Waals surface area (Å²) < 4.78 is 5.54. The molecule has 1 aliphatic rings. The third kappa shape index (κ3) is 2.46. The molecule has 2 N–H and O–H groups in total. The molecule has 1 aromatic rings. The van der Waals surface area contributed by atoms with Crippen molar-refractivity contribution < 1.29 is 4.74 Å². The molecule has 4 heteroatoms. The number of hydrogen-bond acceptors (Lipinski definition) is 4. The van der Waals surface area contributed by atoms with Crippen LogP contribution >= 0.6 is 11.3 Å². The van der Waals surface area contributed by atoms with Gasteiger partial charge in [0.1, 0.15) is 0 Å². The van der Waals surface area contributed by atoms with Crippen molar-refractivity contribution in [1.29, 1.82) is 0 Å². The Balaban J connectivity index is 2.13. The van der Waals surface area contributed by atoms with Crippen LogP contribution in [-0.4, -0.2) is 37.2 Å². The van der Waals surface area contributed by atoms with Crippen molar-refractivity contribution in [3.63, 3.8) is 0 Å². The molecule has 1 fully saturated rings. The standard InChI is InChI=1S/C12H20N2OS/c1-2-10-9-15-6-5-14(10)11(8-13)12-4-3-7-16-12/h3-4,7,10-11H,2,5-6,8-9,13H2,1H3. The maximum Gasteiger partial charge on any atom is 0.0622 e. The highest BCUT2D eigenvalue weighted by atomic mass is 32.1. The van der Waals surface area contributed by atoms with Gasteiger partial charge in [-0.15, -0.1) is 11.3 Å². The van der Waals surface area contributed by atoms with E-state index >= 15 is 0 Å². The maximum absolute atomic E-state index is 5.94. The molecule has 1 aliphatic heterocycles. The van der Waals surface area contributed by atoms with Gasteiger partial charge in [-0.2, -0.15) is 0 Å². The molecule has 1 saturated heterocycles. The molecule has 2 rings (SSSR count). The highest BCUT2D eigenvalue weighted by molar-refractivity contribution is 7.10. The fourth-order valence-electron chi connectivity index (χ4n) is 2.33. The molecular weight excluding hydrogens is 220 g/mol. The highest BCUT2D eigenvalue weighted by Crippen LogP contribution is 2.28. The Morgan fingerprint density at radius 3 is 3.19 bits per heavy atom. The normalized spacial score (nSPS) is 24.5. The second-order valence-corrected chi connectivity index (χ2v) is 5.12. The molecule has 0 radical (unpaired) electrons. The van der Waals surface area contributed by atoms with E-state index in [0.29, 0.717) is 18.6 Å². The molecule has 90 valence electrons. The van der Waals surface area contributed by atoms with Gasteiger partial charge in [-0.1, -0.05) is 13.0 Å². The van der Waals surface area contributed by atoms with E-state index in [0.717, 1.165) is 26.2 Å². The molecule has 1 aromatic heterocycles. The fourth-order valence-corrected chi connectivity index (χ4v) is 3.19. The van der Waals surface area contributed by atoms with Gasteiger partial charge in [0, 0.05) is 24.0 Å². The van der Waals surface area contributed by atoms with Crippen molar-refractivity contribution in [1.82, 2.24) is 4.90 Å². The van der Waals surface area contributed by atoms with Crippen molar-refractivity contribution >= 4 is 11.3 Å². The van der Waals surface area contributed by atoms with Crippen molar-refractivity contribution in [2.45, 2.75) is 25.4 Å². The van der Waals surface area contributed by atoms with E-state index in [1.165, 1.54) is 4.88 Å². The topological polar surface area (TPSA) is 38.5 Å². The van der Waals surface area contributed by atoms with Gasteiger partial charge >= 0.3 is 0 Å². The lowest BCUT2D eigenvalue weighted by atomic mass is 10.1. The minimum Gasteiger partial charge on any atom is -0.378 e. The number of hydrogen-bond donors (Lipinski definition) is 1. The molecule has 0 bridgehead atoms. The Kier molecular flexibility index (Phi) is 4.35. The van der Waals surface area contributed by atoms with Gasteiger partial charge in [0.25, 0.3) is 0 Å².